The number of rotatable bonds is 3. The lowest BCUT2D eigenvalue weighted by Crippen LogP contribution is -2.24. The number of alkyl halides is 3. The predicted molar refractivity (Wildman–Crippen MR) is 85.8 cm³/mol. The highest BCUT2D eigenvalue weighted by molar-refractivity contribution is 6.29. The highest BCUT2D eigenvalue weighted by Gasteiger charge is 2.33. The zero-order valence-electron chi connectivity index (χ0n) is 12.7. The Bertz CT molecular complexity index is 799. The molecule has 0 spiro atoms. The third-order valence-corrected chi connectivity index (χ3v) is 3.14. The number of nitrogens with one attached hydrogen (secondary N) is 1. The van der Waals surface area contributed by atoms with Gasteiger partial charge in [0.2, 0.25) is 0 Å². The fraction of sp³-hybridized carbons (Fsp3) is 0.176. The monoisotopic (exact) mass is 368 g/mol. The summed E-state index contributed by atoms with van der Waals surface area (Å²) in [6.07, 6.45) is -4.70. The van der Waals surface area contributed by atoms with E-state index in [4.69, 9.17) is 16.3 Å². The number of carbonyl (C=O) groups excluding carboxylic acids is 1. The molecule has 1 amide bonds. The molecule has 1 aromatic heterocycles. The van der Waals surface area contributed by atoms with Crippen LogP contribution >= 0.6 is 11.6 Å². The maximum atomic E-state index is 12.8. The van der Waals surface area contributed by atoms with Gasteiger partial charge in [-0.1, -0.05) is 53.8 Å². The van der Waals surface area contributed by atoms with Gasteiger partial charge in [0, 0.05) is 11.8 Å². The number of carbonyl (C=O) groups is 1. The Morgan fingerprint density at radius 2 is 2.00 bits per heavy atom. The molecule has 0 unspecified atom stereocenters. The normalized spacial score (nSPS) is 10.6. The van der Waals surface area contributed by atoms with Gasteiger partial charge in [-0.05, 0) is 11.6 Å². The smallest absolute Gasteiger partial charge is 0.419 e. The minimum Gasteiger partial charge on any atom is -0.445 e. The van der Waals surface area contributed by atoms with Gasteiger partial charge in [-0.25, -0.2) is 9.78 Å². The molecule has 0 atom stereocenters. The quantitative estimate of drug-likeness (QED) is 0.657. The molecular formula is C17H12ClF3N2O2. The van der Waals surface area contributed by atoms with Crippen molar-refractivity contribution in [2.75, 3.05) is 6.54 Å². The molecule has 0 aliphatic rings. The summed E-state index contributed by atoms with van der Waals surface area (Å²) in [5.41, 5.74) is -0.493. The molecular weight excluding hydrogens is 357 g/mol. The third-order valence-electron chi connectivity index (χ3n) is 2.93. The molecule has 0 radical (unpaired) electrons. The molecule has 0 bridgehead atoms. The van der Waals surface area contributed by atoms with Crippen LogP contribution in [0.1, 0.15) is 16.7 Å². The topological polar surface area (TPSA) is 51.2 Å². The first kappa shape index (κ1) is 18.6. The lowest BCUT2D eigenvalue weighted by atomic mass is 10.1. The molecule has 1 N–H and O–H groups in total. The summed E-state index contributed by atoms with van der Waals surface area (Å²) in [4.78, 5) is 14.9. The Hall–Kier alpha value is -2.72. The van der Waals surface area contributed by atoms with E-state index in [-0.39, 0.29) is 23.9 Å². The van der Waals surface area contributed by atoms with E-state index in [1.807, 2.05) is 6.07 Å². The Morgan fingerprint density at radius 1 is 1.28 bits per heavy atom. The van der Waals surface area contributed by atoms with Crippen molar-refractivity contribution in [1.82, 2.24) is 10.3 Å². The van der Waals surface area contributed by atoms with E-state index in [1.165, 1.54) is 0 Å². The molecule has 0 saturated carbocycles. The van der Waals surface area contributed by atoms with Crippen molar-refractivity contribution in [2.24, 2.45) is 0 Å². The second-order valence-electron chi connectivity index (χ2n) is 4.77. The largest absolute Gasteiger partial charge is 0.445 e. The van der Waals surface area contributed by atoms with Gasteiger partial charge < -0.3 is 10.1 Å². The maximum Gasteiger partial charge on any atom is 0.419 e. The minimum absolute atomic E-state index is 0.0816. The summed E-state index contributed by atoms with van der Waals surface area (Å²) in [5.74, 6) is 4.75. The van der Waals surface area contributed by atoms with Gasteiger partial charge in [-0.15, -0.1) is 0 Å². The maximum absolute atomic E-state index is 12.8. The molecule has 0 aliphatic heterocycles. The molecule has 0 aliphatic carbocycles. The molecule has 130 valence electrons. The van der Waals surface area contributed by atoms with Gasteiger partial charge in [-0.3, -0.25) is 0 Å². The molecule has 0 fully saturated rings. The number of ether oxygens (including phenoxy) is 1. The van der Waals surface area contributed by atoms with Crippen LogP contribution in [0.2, 0.25) is 5.15 Å². The average molecular weight is 369 g/mol. The number of pyridine rings is 1. The van der Waals surface area contributed by atoms with E-state index in [0.717, 1.165) is 11.6 Å². The van der Waals surface area contributed by atoms with Crippen molar-refractivity contribution in [3.63, 3.8) is 0 Å². The number of aromatic nitrogens is 1. The van der Waals surface area contributed by atoms with Crippen molar-refractivity contribution in [3.05, 3.63) is 64.4 Å². The van der Waals surface area contributed by atoms with Crippen LogP contribution in [0.5, 0.6) is 0 Å². The van der Waals surface area contributed by atoms with E-state index >= 15 is 0 Å². The number of nitrogens with zero attached hydrogens (tertiary/aromatic N) is 1. The van der Waals surface area contributed by atoms with Crippen LogP contribution in [-0.2, 0) is 17.5 Å². The Kier molecular flexibility index (Phi) is 6.25. The summed E-state index contributed by atoms with van der Waals surface area (Å²) in [7, 11) is 0. The van der Waals surface area contributed by atoms with Crippen molar-refractivity contribution in [3.8, 4) is 11.8 Å². The number of halogens is 4. The third kappa shape index (κ3) is 6.01. The van der Waals surface area contributed by atoms with E-state index in [2.05, 4.69) is 22.1 Å². The van der Waals surface area contributed by atoms with Crippen LogP contribution < -0.4 is 5.32 Å². The molecule has 0 saturated heterocycles. The van der Waals surface area contributed by atoms with Gasteiger partial charge in [0.05, 0.1) is 12.1 Å². The summed E-state index contributed by atoms with van der Waals surface area (Å²) in [5, 5.41) is 2.23. The SMILES string of the molecule is O=C(NCC#Cc1cc(Cl)ncc1C(F)(F)F)OCc1ccccc1. The molecule has 8 heteroatoms. The van der Waals surface area contributed by atoms with Gasteiger partial charge >= 0.3 is 12.3 Å². The van der Waals surface area contributed by atoms with Crippen molar-refractivity contribution in [1.29, 1.82) is 0 Å². The van der Waals surface area contributed by atoms with Gasteiger partial charge in [-0.2, -0.15) is 13.2 Å². The van der Waals surface area contributed by atoms with Crippen molar-refractivity contribution >= 4 is 17.7 Å². The zero-order chi connectivity index (χ0) is 18.3. The number of amides is 1. The highest BCUT2D eigenvalue weighted by Crippen LogP contribution is 2.31. The molecule has 2 aromatic rings. The van der Waals surface area contributed by atoms with Gasteiger partial charge in [0.15, 0.2) is 0 Å². The lowest BCUT2D eigenvalue weighted by Gasteiger charge is -2.08. The summed E-state index contributed by atoms with van der Waals surface area (Å²) in [6, 6.07) is 10.0. The minimum atomic E-state index is -4.59. The van der Waals surface area contributed by atoms with Gasteiger partial charge in [0.25, 0.3) is 0 Å². The second kappa shape index (κ2) is 8.40. The molecule has 25 heavy (non-hydrogen) atoms. The summed E-state index contributed by atoms with van der Waals surface area (Å²) >= 11 is 5.59. The first-order chi connectivity index (χ1) is 11.9. The second-order valence-corrected chi connectivity index (χ2v) is 5.15. The van der Waals surface area contributed by atoms with E-state index in [1.54, 1.807) is 24.3 Å². The number of alkyl carbamates (subject to hydrolysis) is 1. The van der Waals surface area contributed by atoms with Crippen LogP contribution in [0.25, 0.3) is 0 Å². The molecule has 4 nitrogen and oxygen atoms in total. The molecule has 1 heterocycles. The fourth-order valence-electron chi connectivity index (χ4n) is 1.79. The van der Waals surface area contributed by atoms with Crippen LogP contribution in [0.3, 0.4) is 0 Å². The average Bonchev–Trinajstić information content (AvgIpc) is 2.57. The van der Waals surface area contributed by atoms with Crippen molar-refractivity contribution < 1.29 is 22.7 Å². The van der Waals surface area contributed by atoms with Crippen LogP contribution in [0.15, 0.2) is 42.6 Å². The zero-order valence-corrected chi connectivity index (χ0v) is 13.5. The Morgan fingerprint density at radius 3 is 2.68 bits per heavy atom. The Labute approximate surface area is 147 Å². The fourth-order valence-corrected chi connectivity index (χ4v) is 1.95. The number of hydrogen-bond donors (Lipinski definition) is 1. The first-order valence-electron chi connectivity index (χ1n) is 7.02. The molecule has 2 rings (SSSR count). The summed E-state index contributed by atoms with van der Waals surface area (Å²) in [6.45, 7) is -0.0941. The Balaban J connectivity index is 1.90. The standard InChI is InChI=1S/C17H12ClF3N2O2/c18-15-9-13(14(10-23-15)17(19,20)21)7-4-8-22-16(24)25-11-12-5-2-1-3-6-12/h1-3,5-6,9-10H,8,11H2,(H,22,24). The lowest BCUT2D eigenvalue weighted by molar-refractivity contribution is -0.138. The predicted octanol–water partition coefficient (Wildman–Crippen LogP) is 4.03. The first-order valence-corrected chi connectivity index (χ1v) is 7.40. The number of hydrogen-bond acceptors (Lipinski definition) is 3. The van der Waals surface area contributed by atoms with Crippen LogP contribution in [0, 0.1) is 11.8 Å². The highest BCUT2D eigenvalue weighted by atomic mass is 35.5. The molecule has 1 aromatic carbocycles. The van der Waals surface area contributed by atoms with E-state index in [9.17, 15) is 18.0 Å². The van der Waals surface area contributed by atoms with Crippen LogP contribution in [0.4, 0.5) is 18.0 Å². The van der Waals surface area contributed by atoms with Crippen molar-refractivity contribution in [2.45, 2.75) is 12.8 Å². The summed E-state index contributed by atoms with van der Waals surface area (Å²) < 4.78 is 43.5. The van der Waals surface area contributed by atoms with Crippen LogP contribution in [-0.4, -0.2) is 17.6 Å². The number of benzene rings is 1. The van der Waals surface area contributed by atoms with E-state index < -0.39 is 17.8 Å². The van der Waals surface area contributed by atoms with Gasteiger partial charge in [0.1, 0.15) is 11.8 Å². The van der Waals surface area contributed by atoms with E-state index in [0.29, 0.717) is 6.20 Å².